The number of hydrogen-bond acceptors (Lipinski definition) is 2. The maximum atomic E-state index is 13.9. The van der Waals surface area contributed by atoms with Gasteiger partial charge in [0.05, 0.1) is 6.54 Å². The lowest BCUT2D eigenvalue weighted by Crippen LogP contribution is -2.40. The number of carbonyl (C=O) groups excluding carboxylic acids is 1. The number of para-hydroxylation sites is 1. The normalized spacial score (nSPS) is 16.5. The molecule has 0 fully saturated rings. The van der Waals surface area contributed by atoms with Crippen molar-refractivity contribution in [2.75, 3.05) is 18.4 Å². The summed E-state index contributed by atoms with van der Waals surface area (Å²) in [7, 11) is 0. The second-order valence-electron chi connectivity index (χ2n) is 6.35. The zero-order chi connectivity index (χ0) is 19.2. The van der Waals surface area contributed by atoms with E-state index in [1.807, 2.05) is 31.2 Å². The van der Waals surface area contributed by atoms with E-state index >= 15 is 0 Å². The van der Waals surface area contributed by atoms with Crippen LogP contribution in [0.5, 0.6) is 0 Å². The van der Waals surface area contributed by atoms with Gasteiger partial charge in [-0.2, -0.15) is 0 Å². The predicted molar refractivity (Wildman–Crippen MR) is 109 cm³/mol. The van der Waals surface area contributed by atoms with Crippen molar-refractivity contribution in [3.05, 3.63) is 63.9 Å². The molecule has 0 spiro atoms. The van der Waals surface area contributed by atoms with E-state index in [0.29, 0.717) is 31.0 Å². The molecule has 5 nitrogen and oxygen atoms in total. The third-order valence-corrected chi connectivity index (χ3v) is 4.88. The smallest absolute Gasteiger partial charge is 0.225 e. The molecule has 27 heavy (non-hydrogen) atoms. The molecular weight excluding hydrogens is 411 g/mol. The van der Waals surface area contributed by atoms with E-state index in [4.69, 9.17) is 0 Å². The number of guanidine groups is 1. The van der Waals surface area contributed by atoms with Gasteiger partial charge in [0.2, 0.25) is 5.91 Å². The van der Waals surface area contributed by atoms with Gasteiger partial charge in [0.1, 0.15) is 5.82 Å². The van der Waals surface area contributed by atoms with Gasteiger partial charge < -0.3 is 16.0 Å². The Balaban J connectivity index is 1.70. The first-order chi connectivity index (χ1) is 13.1. The zero-order valence-electron chi connectivity index (χ0n) is 15.1. The number of anilines is 1. The highest BCUT2D eigenvalue weighted by Gasteiger charge is 2.24. The van der Waals surface area contributed by atoms with Crippen LogP contribution in [-0.2, 0) is 11.3 Å². The summed E-state index contributed by atoms with van der Waals surface area (Å²) in [4.78, 5) is 16.4. The fourth-order valence-electron chi connectivity index (χ4n) is 3.07. The molecule has 142 valence electrons. The van der Waals surface area contributed by atoms with Gasteiger partial charge in [-0.05, 0) is 36.8 Å². The third kappa shape index (κ3) is 5.07. The number of fused-ring (bicyclic) bond motifs is 1. The number of halogens is 2. The van der Waals surface area contributed by atoms with Crippen molar-refractivity contribution in [1.82, 2.24) is 10.6 Å². The highest BCUT2D eigenvalue weighted by atomic mass is 79.9. The number of rotatable bonds is 5. The first kappa shape index (κ1) is 19.4. The topological polar surface area (TPSA) is 65.5 Å². The van der Waals surface area contributed by atoms with Gasteiger partial charge in [-0.3, -0.25) is 4.79 Å². The maximum Gasteiger partial charge on any atom is 0.225 e. The minimum absolute atomic E-state index is 0.0126. The highest BCUT2D eigenvalue weighted by Crippen LogP contribution is 2.31. The number of amides is 1. The lowest BCUT2D eigenvalue weighted by molar-refractivity contribution is -0.116. The lowest BCUT2D eigenvalue weighted by Gasteiger charge is -2.26. The Bertz CT molecular complexity index is 856. The molecule has 1 amide bonds. The Morgan fingerprint density at radius 1 is 1.30 bits per heavy atom. The number of nitrogens with one attached hydrogen (secondary N) is 3. The van der Waals surface area contributed by atoms with Crippen molar-refractivity contribution < 1.29 is 9.18 Å². The van der Waals surface area contributed by atoms with E-state index in [2.05, 4.69) is 36.9 Å². The molecule has 2 aromatic rings. The summed E-state index contributed by atoms with van der Waals surface area (Å²) < 4.78 is 14.7. The van der Waals surface area contributed by atoms with Gasteiger partial charge >= 0.3 is 0 Å². The summed E-state index contributed by atoms with van der Waals surface area (Å²) in [6.07, 6.45) is 0.420. The Kier molecular flexibility index (Phi) is 6.45. The van der Waals surface area contributed by atoms with Crippen LogP contribution in [0.3, 0.4) is 0 Å². The largest absolute Gasteiger partial charge is 0.357 e. The van der Waals surface area contributed by atoms with Crippen LogP contribution in [0.2, 0.25) is 0 Å². The molecule has 1 aliphatic heterocycles. The molecule has 1 atom stereocenters. The standard InChI is InChI=1S/C20H22BrFN4O/c1-2-23-20(25-12-14-9-15(21)7-8-17(14)22)24-11-13-10-19(27)26-18-6-4-3-5-16(13)18/h3-9,13H,2,10-12H2,1H3,(H,26,27)(H2,23,24,25). The molecule has 2 aromatic carbocycles. The number of benzene rings is 2. The molecule has 1 aliphatic rings. The van der Waals surface area contributed by atoms with Crippen molar-refractivity contribution in [2.45, 2.75) is 25.8 Å². The zero-order valence-corrected chi connectivity index (χ0v) is 16.6. The Labute approximate surface area is 166 Å². The van der Waals surface area contributed by atoms with Gasteiger partial charge in [0.15, 0.2) is 5.96 Å². The summed E-state index contributed by atoms with van der Waals surface area (Å²) >= 11 is 3.35. The van der Waals surface area contributed by atoms with Gasteiger partial charge in [-0.25, -0.2) is 9.38 Å². The van der Waals surface area contributed by atoms with Crippen LogP contribution < -0.4 is 16.0 Å². The highest BCUT2D eigenvalue weighted by molar-refractivity contribution is 9.10. The summed E-state index contributed by atoms with van der Waals surface area (Å²) in [6, 6.07) is 12.6. The quantitative estimate of drug-likeness (QED) is 0.497. The summed E-state index contributed by atoms with van der Waals surface area (Å²) in [6.45, 7) is 3.45. The molecule has 1 heterocycles. The van der Waals surface area contributed by atoms with Crippen LogP contribution >= 0.6 is 15.9 Å². The molecule has 1 unspecified atom stereocenters. The third-order valence-electron chi connectivity index (χ3n) is 4.38. The molecule has 0 saturated heterocycles. The van der Waals surface area contributed by atoms with Crippen molar-refractivity contribution in [3.63, 3.8) is 0 Å². The molecular formula is C20H22BrFN4O. The molecule has 7 heteroatoms. The molecule has 0 aromatic heterocycles. The molecule has 0 radical (unpaired) electrons. The van der Waals surface area contributed by atoms with E-state index in [-0.39, 0.29) is 24.2 Å². The molecule has 3 N–H and O–H groups in total. The minimum Gasteiger partial charge on any atom is -0.357 e. The van der Waals surface area contributed by atoms with E-state index in [1.165, 1.54) is 6.07 Å². The van der Waals surface area contributed by atoms with Crippen molar-refractivity contribution >= 4 is 33.5 Å². The molecule has 0 aliphatic carbocycles. The first-order valence-corrected chi connectivity index (χ1v) is 9.71. The van der Waals surface area contributed by atoms with Crippen LogP contribution in [0, 0.1) is 5.82 Å². The van der Waals surface area contributed by atoms with Gasteiger partial charge in [-0.15, -0.1) is 0 Å². The second-order valence-corrected chi connectivity index (χ2v) is 7.26. The number of hydrogen-bond donors (Lipinski definition) is 3. The average Bonchev–Trinajstić information content (AvgIpc) is 2.66. The molecule has 3 rings (SSSR count). The fourth-order valence-corrected chi connectivity index (χ4v) is 3.48. The number of nitrogens with zero attached hydrogens (tertiary/aromatic N) is 1. The first-order valence-electron chi connectivity index (χ1n) is 8.91. The Morgan fingerprint density at radius 3 is 2.93 bits per heavy atom. The monoisotopic (exact) mass is 432 g/mol. The van der Waals surface area contributed by atoms with E-state index < -0.39 is 0 Å². The number of aliphatic imine (C=N–C) groups is 1. The minimum atomic E-state index is -0.282. The average molecular weight is 433 g/mol. The summed E-state index contributed by atoms with van der Waals surface area (Å²) in [5, 5.41) is 9.35. The lowest BCUT2D eigenvalue weighted by atomic mass is 9.90. The van der Waals surface area contributed by atoms with Crippen LogP contribution in [0.4, 0.5) is 10.1 Å². The second kappa shape index (κ2) is 8.99. The predicted octanol–water partition coefficient (Wildman–Crippen LogP) is 3.77. The van der Waals surface area contributed by atoms with Crippen molar-refractivity contribution in [2.24, 2.45) is 4.99 Å². The van der Waals surface area contributed by atoms with Gasteiger partial charge in [0, 0.05) is 41.2 Å². The van der Waals surface area contributed by atoms with Gasteiger partial charge in [-0.1, -0.05) is 34.1 Å². The van der Waals surface area contributed by atoms with Gasteiger partial charge in [0.25, 0.3) is 0 Å². The van der Waals surface area contributed by atoms with Crippen LogP contribution in [0.25, 0.3) is 0 Å². The summed E-state index contributed by atoms with van der Waals surface area (Å²) in [5.41, 5.74) is 2.49. The Hall–Kier alpha value is -2.41. The molecule has 0 bridgehead atoms. The SMILES string of the molecule is CCNC(=NCc1cc(Br)ccc1F)NCC1CC(=O)Nc2ccccc21. The summed E-state index contributed by atoms with van der Waals surface area (Å²) in [5.74, 6) is 0.385. The van der Waals surface area contributed by atoms with E-state index in [1.54, 1.807) is 12.1 Å². The van der Waals surface area contributed by atoms with Crippen molar-refractivity contribution in [1.29, 1.82) is 0 Å². The Morgan fingerprint density at radius 2 is 2.11 bits per heavy atom. The molecule has 0 saturated carbocycles. The van der Waals surface area contributed by atoms with Crippen molar-refractivity contribution in [3.8, 4) is 0 Å². The van der Waals surface area contributed by atoms with Crippen LogP contribution in [0.1, 0.15) is 30.4 Å². The van der Waals surface area contributed by atoms with Crippen LogP contribution in [-0.4, -0.2) is 25.0 Å². The maximum absolute atomic E-state index is 13.9. The van der Waals surface area contributed by atoms with Crippen LogP contribution in [0.15, 0.2) is 51.9 Å². The fraction of sp³-hybridized carbons (Fsp3) is 0.300. The van der Waals surface area contributed by atoms with E-state index in [0.717, 1.165) is 15.7 Å². The van der Waals surface area contributed by atoms with E-state index in [9.17, 15) is 9.18 Å². The number of carbonyl (C=O) groups is 1.